The van der Waals surface area contributed by atoms with Crippen LogP contribution in [-0.4, -0.2) is 0 Å². The third-order valence-electron chi connectivity index (χ3n) is 1.37. The highest BCUT2D eigenvalue weighted by molar-refractivity contribution is 5.63. The molecule has 1 aromatic carbocycles. The first-order valence-corrected chi connectivity index (χ1v) is 3.02. The molecule has 3 heteroatoms. The zero-order chi connectivity index (χ0) is 8.43. The second-order valence-corrected chi connectivity index (χ2v) is 2.07. The highest BCUT2D eigenvalue weighted by Crippen LogP contribution is 2.19. The largest absolute Gasteiger partial charge is 0.398 e. The van der Waals surface area contributed by atoms with Crippen LogP contribution in [0.5, 0.6) is 0 Å². The van der Waals surface area contributed by atoms with Crippen molar-refractivity contribution in [3.8, 4) is 0 Å². The van der Waals surface area contributed by atoms with Crippen LogP contribution in [-0.2, 0) is 0 Å². The predicted molar refractivity (Wildman–Crippen MR) is 40.9 cm³/mol. The van der Waals surface area contributed by atoms with Gasteiger partial charge in [0.1, 0.15) is 0 Å². The summed E-state index contributed by atoms with van der Waals surface area (Å²) in [6, 6.07) is 2.28. The van der Waals surface area contributed by atoms with Crippen molar-refractivity contribution in [2.45, 2.75) is 0 Å². The Morgan fingerprint density at radius 2 is 2.00 bits per heavy atom. The fraction of sp³-hybridized carbons (Fsp3) is 0. The smallest absolute Gasteiger partial charge is 0.168 e. The summed E-state index contributed by atoms with van der Waals surface area (Å²) in [5.74, 6) is -1.85. The van der Waals surface area contributed by atoms with Crippen molar-refractivity contribution >= 4 is 11.8 Å². The molecule has 0 aromatic heterocycles. The number of anilines is 1. The van der Waals surface area contributed by atoms with E-state index < -0.39 is 11.6 Å². The van der Waals surface area contributed by atoms with E-state index >= 15 is 0 Å². The second-order valence-electron chi connectivity index (χ2n) is 2.07. The Morgan fingerprint density at radius 1 is 1.36 bits per heavy atom. The van der Waals surface area contributed by atoms with Gasteiger partial charge in [-0.3, -0.25) is 0 Å². The SMILES string of the molecule is C=Cc1c(N)ccc(F)c1F. The second kappa shape index (κ2) is 2.70. The van der Waals surface area contributed by atoms with Gasteiger partial charge in [0.15, 0.2) is 11.6 Å². The van der Waals surface area contributed by atoms with Crippen molar-refractivity contribution in [1.82, 2.24) is 0 Å². The van der Waals surface area contributed by atoms with Crippen LogP contribution >= 0.6 is 0 Å². The molecule has 0 atom stereocenters. The van der Waals surface area contributed by atoms with Crippen LogP contribution in [0.1, 0.15) is 5.56 Å². The molecule has 0 aliphatic carbocycles. The first kappa shape index (κ1) is 7.72. The highest BCUT2D eigenvalue weighted by Gasteiger charge is 2.07. The molecular weight excluding hydrogens is 148 g/mol. The molecule has 0 aliphatic rings. The predicted octanol–water partition coefficient (Wildman–Crippen LogP) is 2.19. The number of nitrogen functional groups attached to an aromatic ring is 1. The summed E-state index contributed by atoms with van der Waals surface area (Å²) in [7, 11) is 0. The molecule has 0 saturated carbocycles. The maximum absolute atomic E-state index is 12.7. The quantitative estimate of drug-likeness (QED) is 0.618. The monoisotopic (exact) mass is 155 g/mol. The minimum absolute atomic E-state index is 0.0185. The van der Waals surface area contributed by atoms with Gasteiger partial charge in [0, 0.05) is 11.3 Å². The summed E-state index contributed by atoms with van der Waals surface area (Å²) in [5.41, 5.74) is 5.53. The van der Waals surface area contributed by atoms with Crippen molar-refractivity contribution in [2.24, 2.45) is 0 Å². The lowest BCUT2D eigenvalue weighted by Crippen LogP contribution is -1.95. The van der Waals surface area contributed by atoms with E-state index in [-0.39, 0.29) is 11.3 Å². The van der Waals surface area contributed by atoms with Crippen LogP contribution in [0.3, 0.4) is 0 Å². The first-order valence-electron chi connectivity index (χ1n) is 3.02. The van der Waals surface area contributed by atoms with E-state index in [2.05, 4.69) is 6.58 Å². The van der Waals surface area contributed by atoms with Crippen LogP contribution in [0.2, 0.25) is 0 Å². The van der Waals surface area contributed by atoms with E-state index in [9.17, 15) is 8.78 Å². The molecule has 0 fully saturated rings. The summed E-state index contributed by atoms with van der Waals surface area (Å²) in [6.07, 6.45) is 1.19. The van der Waals surface area contributed by atoms with Gasteiger partial charge in [-0.2, -0.15) is 0 Å². The maximum Gasteiger partial charge on any atom is 0.168 e. The number of benzene rings is 1. The highest BCUT2D eigenvalue weighted by atomic mass is 19.2. The molecule has 0 unspecified atom stereocenters. The number of hydrogen-bond acceptors (Lipinski definition) is 1. The standard InChI is InChI=1S/C8H7F2N/c1-2-5-7(11)4-3-6(9)8(5)10/h2-4H,1,11H2. The van der Waals surface area contributed by atoms with Crippen LogP contribution in [0, 0.1) is 11.6 Å². The fourth-order valence-electron chi connectivity index (χ4n) is 0.789. The lowest BCUT2D eigenvalue weighted by Gasteiger charge is -2.01. The molecule has 1 rings (SSSR count). The fourth-order valence-corrected chi connectivity index (χ4v) is 0.789. The molecule has 1 aromatic rings. The lowest BCUT2D eigenvalue weighted by atomic mass is 10.1. The zero-order valence-corrected chi connectivity index (χ0v) is 5.77. The summed E-state index contributed by atoms with van der Waals surface area (Å²) < 4.78 is 25.2. The van der Waals surface area contributed by atoms with Gasteiger partial charge >= 0.3 is 0 Å². The van der Waals surface area contributed by atoms with E-state index in [4.69, 9.17) is 5.73 Å². The topological polar surface area (TPSA) is 26.0 Å². The average Bonchev–Trinajstić information content (AvgIpc) is 1.99. The molecule has 58 valence electrons. The van der Waals surface area contributed by atoms with Crippen LogP contribution in [0.25, 0.3) is 6.08 Å². The van der Waals surface area contributed by atoms with Gasteiger partial charge in [0.05, 0.1) is 0 Å². The Kier molecular flexibility index (Phi) is 1.89. The number of rotatable bonds is 1. The van der Waals surface area contributed by atoms with Crippen molar-refractivity contribution in [3.63, 3.8) is 0 Å². The maximum atomic E-state index is 12.7. The molecule has 0 radical (unpaired) electrons. The van der Waals surface area contributed by atoms with Crippen molar-refractivity contribution in [3.05, 3.63) is 35.9 Å². The van der Waals surface area contributed by atoms with E-state index in [0.717, 1.165) is 6.07 Å². The van der Waals surface area contributed by atoms with Crippen molar-refractivity contribution < 1.29 is 8.78 Å². The Balaban J connectivity index is 3.40. The molecule has 0 heterocycles. The van der Waals surface area contributed by atoms with Crippen molar-refractivity contribution in [2.75, 3.05) is 5.73 Å². The average molecular weight is 155 g/mol. The first-order chi connectivity index (χ1) is 5.16. The zero-order valence-electron chi connectivity index (χ0n) is 5.77. The summed E-state index contributed by atoms with van der Waals surface area (Å²) >= 11 is 0. The van der Waals surface area contributed by atoms with Gasteiger partial charge in [0.25, 0.3) is 0 Å². The molecule has 1 nitrogen and oxygen atoms in total. The molecule has 0 spiro atoms. The van der Waals surface area contributed by atoms with Gasteiger partial charge in [-0.05, 0) is 12.1 Å². The molecule has 0 saturated heterocycles. The van der Waals surface area contributed by atoms with E-state index in [1.165, 1.54) is 12.1 Å². The molecule has 0 bridgehead atoms. The summed E-state index contributed by atoms with van der Waals surface area (Å²) in [4.78, 5) is 0. The van der Waals surface area contributed by atoms with E-state index in [1.807, 2.05) is 0 Å². The summed E-state index contributed by atoms with van der Waals surface area (Å²) in [6.45, 7) is 3.31. The van der Waals surface area contributed by atoms with E-state index in [0.29, 0.717) is 0 Å². The van der Waals surface area contributed by atoms with E-state index in [1.54, 1.807) is 0 Å². The van der Waals surface area contributed by atoms with Crippen molar-refractivity contribution in [1.29, 1.82) is 0 Å². The van der Waals surface area contributed by atoms with Gasteiger partial charge in [0.2, 0.25) is 0 Å². The van der Waals surface area contributed by atoms with Crippen LogP contribution < -0.4 is 5.73 Å². The number of nitrogens with two attached hydrogens (primary N) is 1. The van der Waals surface area contributed by atoms with Crippen LogP contribution in [0.15, 0.2) is 18.7 Å². The third-order valence-corrected chi connectivity index (χ3v) is 1.37. The third kappa shape index (κ3) is 1.22. The van der Waals surface area contributed by atoms with Gasteiger partial charge in [-0.25, -0.2) is 8.78 Å². The molecule has 0 aliphatic heterocycles. The van der Waals surface area contributed by atoms with Gasteiger partial charge < -0.3 is 5.73 Å². The number of hydrogen-bond donors (Lipinski definition) is 1. The van der Waals surface area contributed by atoms with Crippen LogP contribution in [0.4, 0.5) is 14.5 Å². The minimum Gasteiger partial charge on any atom is -0.398 e. The molecule has 2 N–H and O–H groups in total. The molecule has 11 heavy (non-hydrogen) atoms. The van der Waals surface area contributed by atoms with Gasteiger partial charge in [-0.1, -0.05) is 12.7 Å². The number of halogens is 2. The summed E-state index contributed by atoms with van der Waals surface area (Å²) in [5, 5.41) is 0. The Morgan fingerprint density at radius 3 is 2.45 bits per heavy atom. The van der Waals surface area contributed by atoms with Gasteiger partial charge in [-0.15, -0.1) is 0 Å². The Labute approximate surface area is 63.1 Å². The molecular formula is C8H7F2N. The lowest BCUT2D eigenvalue weighted by molar-refractivity contribution is 0.507. The Bertz CT molecular complexity index is 294. The normalized spacial score (nSPS) is 9.64. The Hall–Kier alpha value is -1.38. The minimum atomic E-state index is -0.944. The molecule has 0 amide bonds.